The summed E-state index contributed by atoms with van der Waals surface area (Å²) in [6.07, 6.45) is 0.514. The van der Waals surface area contributed by atoms with Gasteiger partial charge in [-0.25, -0.2) is 5.48 Å². The van der Waals surface area contributed by atoms with Crippen molar-refractivity contribution in [2.24, 2.45) is 0 Å². The Morgan fingerprint density at radius 3 is 2.52 bits per heavy atom. The molecule has 9 heteroatoms. The highest BCUT2D eigenvalue weighted by atomic mass is 16.5. The summed E-state index contributed by atoms with van der Waals surface area (Å²) < 4.78 is 16.9. The lowest BCUT2D eigenvalue weighted by atomic mass is 10.1. The highest BCUT2D eigenvalue weighted by Gasteiger charge is 2.20. The number of hydrogen-bond donors (Lipinski definition) is 4. The molecule has 0 saturated carbocycles. The van der Waals surface area contributed by atoms with Crippen LogP contribution in [0.4, 0.5) is 0 Å². The van der Waals surface area contributed by atoms with Crippen LogP contribution in [0.2, 0.25) is 0 Å². The van der Waals surface area contributed by atoms with Crippen LogP contribution in [0, 0.1) is 0 Å². The molecule has 2 aromatic carbocycles. The third kappa shape index (κ3) is 5.82. The number of amides is 2. The SMILES string of the molecule is O=C(NO)c1ccc(OCCNC(=O)c2oc3ccccc3c2COCCCO)cc1. The van der Waals surface area contributed by atoms with Crippen LogP contribution in [-0.4, -0.2) is 48.5 Å². The Bertz CT molecular complexity index is 1010. The van der Waals surface area contributed by atoms with Gasteiger partial charge < -0.3 is 24.3 Å². The number of hydrogen-bond acceptors (Lipinski definition) is 7. The van der Waals surface area contributed by atoms with Crippen molar-refractivity contribution in [1.29, 1.82) is 0 Å². The van der Waals surface area contributed by atoms with Crippen LogP contribution >= 0.6 is 0 Å². The van der Waals surface area contributed by atoms with Crippen molar-refractivity contribution in [3.63, 3.8) is 0 Å². The number of rotatable bonds is 11. The number of carbonyl (C=O) groups excluding carboxylic acids is 2. The molecule has 3 aromatic rings. The summed E-state index contributed by atoms with van der Waals surface area (Å²) in [5.41, 5.74) is 3.10. The minimum absolute atomic E-state index is 0.0385. The largest absolute Gasteiger partial charge is 0.492 e. The van der Waals surface area contributed by atoms with Crippen molar-refractivity contribution >= 4 is 22.8 Å². The van der Waals surface area contributed by atoms with Gasteiger partial charge in [-0.3, -0.25) is 14.8 Å². The van der Waals surface area contributed by atoms with Crippen LogP contribution in [0.3, 0.4) is 0 Å². The zero-order valence-electron chi connectivity index (χ0n) is 16.8. The first-order valence-corrected chi connectivity index (χ1v) is 9.78. The van der Waals surface area contributed by atoms with E-state index in [-0.39, 0.29) is 38.0 Å². The number of aliphatic hydroxyl groups excluding tert-OH is 1. The van der Waals surface area contributed by atoms with Gasteiger partial charge in [-0.1, -0.05) is 18.2 Å². The molecular weight excluding hydrogens is 404 g/mol. The van der Waals surface area contributed by atoms with E-state index in [2.05, 4.69) is 5.32 Å². The number of fused-ring (bicyclic) bond motifs is 1. The van der Waals surface area contributed by atoms with Crippen molar-refractivity contribution in [2.75, 3.05) is 26.4 Å². The van der Waals surface area contributed by atoms with Gasteiger partial charge in [-0.2, -0.15) is 0 Å². The van der Waals surface area contributed by atoms with E-state index in [0.29, 0.717) is 35.5 Å². The van der Waals surface area contributed by atoms with E-state index in [9.17, 15) is 9.59 Å². The van der Waals surface area contributed by atoms with E-state index >= 15 is 0 Å². The van der Waals surface area contributed by atoms with Crippen LogP contribution in [0.15, 0.2) is 52.9 Å². The molecular formula is C22H24N2O7. The fourth-order valence-electron chi connectivity index (χ4n) is 2.95. The van der Waals surface area contributed by atoms with Crippen molar-refractivity contribution < 1.29 is 33.8 Å². The van der Waals surface area contributed by atoms with Crippen LogP contribution in [0.25, 0.3) is 11.0 Å². The van der Waals surface area contributed by atoms with Crippen LogP contribution < -0.4 is 15.5 Å². The summed E-state index contributed by atoms with van der Waals surface area (Å²) in [4.78, 5) is 24.0. The molecule has 2 amide bonds. The maximum absolute atomic E-state index is 12.7. The number of benzene rings is 2. The lowest BCUT2D eigenvalue weighted by molar-refractivity contribution is 0.0706. The Morgan fingerprint density at radius 1 is 1.00 bits per heavy atom. The summed E-state index contributed by atoms with van der Waals surface area (Å²) in [6.45, 7) is 1.06. The highest BCUT2D eigenvalue weighted by molar-refractivity contribution is 5.99. The fraction of sp³-hybridized carbons (Fsp3) is 0.273. The summed E-state index contributed by atoms with van der Waals surface area (Å²) in [5.74, 6) is -0.286. The molecule has 0 atom stereocenters. The Morgan fingerprint density at radius 2 is 1.77 bits per heavy atom. The summed E-state index contributed by atoms with van der Waals surface area (Å²) in [7, 11) is 0. The molecule has 0 spiro atoms. The third-order valence-corrected chi connectivity index (χ3v) is 4.47. The molecule has 164 valence electrons. The average Bonchev–Trinajstić information content (AvgIpc) is 3.18. The minimum atomic E-state index is -0.610. The van der Waals surface area contributed by atoms with E-state index in [0.717, 1.165) is 5.39 Å². The van der Waals surface area contributed by atoms with E-state index in [1.807, 2.05) is 18.2 Å². The van der Waals surface area contributed by atoms with Gasteiger partial charge in [0.2, 0.25) is 0 Å². The number of carbonyl (C=O) groups is 2. The second-order valence-corrected chi connectivity index (χ2v) is 6.61. The molecule has 0 radical (unpaired) electrons. The monoisotopic (exact) mass is 428 g/mol. The van der Waals surface area contributed by atoms with Gasteiger partial charge in [-0.05, 0) is 36.8 Å². The maximum atomic E-state index is 12.7. The van der Waals surface area contributed by atoms with Crippen molar-refractivity contribution in [1.82, 2.24) is 10.8 Å². The first kappa shape index (κ1) is 22.3. The van der Waals surface area contributed by atoms with Crippen LogP contribution in [-0.2, 0) is 11.3 Å². The van der Waals surface area contributed by atoms with Gasteiger partial charge in [0, 0.05) is 29.7 Å². The molecule has 0 fully saturated rings. The number of furan rings is 1. The fourth-order valence-corrected chi connectivity index (χ4v) is 2.95. The zero-order valence-corrected chi connectivity index (χ0v) is 16.8. The first-order chi connectivity index (χ1) is 15.1. The molecule has 0 bridgehead atoms. The van der Waals surface area contributed by atoms with Gasteiger partial charge in [0.1, 0.15) is 17.9 Å². The number of hydroxylamine groups is 1. The van der Waals surface area contributed by atoms with Gasteiger partial charge in [0.15, 0.2) is 5.76 Å². The van der Waals surface area contributed by atoms with Gasteiger partial charge >= 0.3 is 0 Å². The summed E-state index contributed by atoms with van der Waals surface area (Å²) >= 11 is 0. The Hall–Kier alpha value is -3.40. The molecule has 31 heavy (non-hydrogen) atoms. The highest BCUT2D eigenvalue weighted by Crippen LogP contribution is 2.26. The Labute approximate surface area is 178 Å². The molecule has 3 rings (SSSR count). The van der Waals surface area contributed by atoms with Gasteiger partial charge in [-0.15, -0.1) is 0 Å². The summed E-state index contributed by atoms with van der Waals surface area (Å²) in [6, 6.07) is 13.5. The van der Waals surface area contributed by atoms with E-state index < -0.39 is 5.91 Å². The molecule has 9 nitrogen and oxygen atoms in total. The lowest BCUT2D eigenvalue weighted by Crippen LogP contribution is -2.28. The predicted molar refractivity (Wildman–Crippen MR) is 111 cm³/mol. The number of ether oxygens (including phenoxy) is 2. The molecule has 0 saturated heterocycles. The topological polar surface area (TPSA) is 130 Å². The van der Waals surface area contributed by atoms with E-state index in [1.54, 1.807) is 23.7 Å². The molecule has 1 heterocycles. The molecule has 0 unspecified atom stereocenters. The zero-order chi connectivity index (χ0) is 22.1. The average molecular weight is 428 g/mol. The second-order valence-electron chi connectivity index (χ2n) is 6.61. The number of para-hydroxylation sites is 1. The smallest absolute Gasteiger partial charge is 0.287 e. The number of nitrogens with one attached hydrogen (secondary N) is 2. The van der Waals surface area contributed by atoms with Gasteiger partial charge in [0.05, 0.1) is 13.2 Å². The Balaban J connectivity index is 1.56. The normalized spacial score (nSPS) is 10.8. The molecule has 0 aliphatic heterocycles. The number of aliphatic hydroxyl groups is 1. The standard InChI is InChI=1S/C22H24N2O7/c25-11-3-12-29-14-18-17-4-1-2-5-19(17)31-20(18)22(27)23-10-13-30-16-8-6-15(7-9-16)21(26)24-28/h1-2,4-9,25,28H,3,10-14H2,(H,23,27)(H,24,26). The molecule has 4 N–H and O–H groups in total. The second kappa shape index (κ2) is 11.1. The van der Waals surface area contributed by atoms with Crippen LogP contribution in [0.5, 0.6) is 5.75 Å². The van der Waals surface area contributed by atoms with Crippen molar-refractivity contribution in [3.05, 3.63) is 65.4 Å². The van der Waals surface area contributed by atoms with Crippen LogP contribution in [0.1, 0.15) is 32.9 Å². The lowest BCUT2D eigenvalue weighted by Gasteiger charge is -2.09. The molecule has 1 aromatic heterocycles. The predicted octanol–water partition coefficient (Wildman–Crippen LogP) is 2.26. The van der Waals surface area contributed by atoms with Crippen molar-refractivity contribution in [3.8, 4) is 5.75 Å². The van der Waals surface area contributed by atoms with E-state index in [4.69, 9.17) is 24.2 Å². The van der Waals surface area contributed by atoms with E-state index in [1.165, 1.54) is 12.1 Å². The quantitative estimate of drug-likeness (QED) is 0.209. The Kier molecular flexibility index (Phi) is 7.99. The third-order valence-electron chi connectivity index (χ3n) is 4.47. The summed E-state index contributed by atoms with van der Waals surface area (Å²) in [5, 5.41) is 21.1. The van der Waals surface area contributed by atoms with Crippen molar-refractivity contribution in [2.45, 2.75) is 13.0 Å². The molecule has 0 aliphatic carbocycles. The maximum Gasteiger partial charge on any atom is 0.287 e. The van der Waals surface area contributed by atoms with Gasteiger partial charge in [0.25, 0.3) is 11.8 Å². The molecule has 0 aliphatic rings. The first-order valence-electron chi connectivity index (χ1n) is 9.78. The minimum Gasteiger partial charge on any atom is -0.492 e.